The highest BCUT2D eigenvalue weighted by Crippen LogP contribution is 2.55. The zero-order valence-electron chi connectivity index (χ0n) is 17.9. The molecule has 3 aromatic rings. The molecular weight excluding hydrogens is 446 g/mol. The van der Waals surface area contributed by atoms with Gasteiger partial charge in [0, 0.05) is 11.9 Å². The summed E-state index contributed by atoms with van der Waals surface area (Å²) in [6.07, 6.45) is 1.69. The van der Waals surface area contributed by atoms with Gasteiger partial charge in [-0.25, -0.2) is 4.68 Å². The summed E-state index contributed by atoms with van der Waals surface area (Å²) >= 11 is 0. The van der Waals surface area contributed by atoms with E-state index in [1.165, 1.54) is 10.7 Å². The Labute approximate surface area is 191 Å². The summed E-state index contributed by atoms with van der Waals surface area (Å²) in [7, 11) is -3.72. The SMILES string of the molecule is CCCCNn1c(=O)c(C2=NS(O)(O)c3cc(CC(N)=O)ccc3N2)c(O)c2ccccc21. The number of unbranched alkanes of at least 4 members (excludes halogenated alkanes) is 1. The van der Waals surface area contributed by atoms with Crippen LogP contribution in [0.15, 0.2) is 56.6 Å². The lowest BCUT2D eigenvalue weighted by atomic mass is 10.1. The van der Waals surface area contributed by atoms with Crippen LogP contribution in [0.5, 0.6) is 5.75 Å². The van der Waals surface area contributed by atoms with Crippen molar-refractivity contribution in [3.8, 4) is 5.75 Å². The van der Waals surface area contributed by atoms with Gasteiger partial charge in [-0.2, -0.15) is 0 Å². The molecule has 1 aliphatic heterocycles. The number of para-hydroxylation sites is 1. The number of benzene rings is 2. The minimum absolute atomic E-state index is 0.0705. The molecule has 0 unspecified atom stereocenters. The number of primary amides is 1. The average molecular weight is 472 g/mol. The van der Waals surface area contributed by atoms with Crippen LogP contribution >= 0.6 is 10.8 Å². The zero-order valence-corrected chi connectivity index (χ0v) is 18.7. The highest BCUT2D eigenvalue weighted by Gasteiger charge is 2.30. The van der Waals surface area contributed by atoms with Crippen LogP contribution < -0.4 is 22.0 Å². The summed E-state index contributed by atoms with van der Waals surface area (Å²) in [6.45, 7) is 2.56. The van der Waals surface area contributed by atoms with Crippen molar-refractivity contribution >= 4 is 39.1 Å². The summed E-state index contributed by atoms with van der Waals surface area (Å²) in [5.41, 5.74) is 8.81. The van der Waals surface area contributed by atoms with Crippen molar-refractivity contribution in [3.05, 3.63) is 63.9 Å². The smallest absolute Gasteiger partial charge is 0.284 e. The number of amides is 1. The molecule has 0 fully saturated rings. The van der Waals surface area contributed by atoms with Crippen LogP contribution in [0.1, 0.15) is 30.9 Å². The molecule has 0 radical (unpaired) electrons. The number of fused-ring (bicyclic) bond motifs is 2. The number of pyridine rings is 1. The summed E-state index contributed by atoms with van der Waals surface area (Å²) in [4.78, 5) is 24.7. The first-order valence-electron chi connectivity index (χ1n) is 10.4. The first-order valence-corrected chi connectivity index (χ1v) is 11.9. The van der Waals surface area contributed by atoms with Gasteiger partial charge < -0.3 is 21.6 Å². The molecular formula is C22H25N5O5S. The maximum atomic E-state index is 13.4. The fraction of sp³-hybridized carbons (Fsp3) is 0.227. The third kappa shape index (κ3) is 4.25. The van der Waals surface area contributed by atoms with Crippen molar-refractivity contribution in [2.24, 2.45) is 10.1 Å². The van der Waals surface area contributed by atoms with Gasteiger partial charge in [0.15, 0.2) is 5.84 Å². The molecule has 11 heteroatoms. The van der Waals surface area contributed by atoms with E-state index in [9.17, 15) is 23.8 Å². The first-order chi connectivity index (χ1) is 15.7. The first kappa shape index (κ1) is 22.6. The quantitative estimate of drug-likeness (QED) is 0.289. The molecule has 7 N–H and O–H groups in total. The second-order valence-corrected chi connectivity index (χ2v) is 9.36. The van der Waals surface area contributed by atoms with Crippen LogP contribution in [0.2, 0.25) is 0 Å². The maximum Gasteiger partial charge on any atom is 0.284 e. The second kappa shape index (κ2) is 8.77. The lowest BCUT2D eigenvalue weighted by Crippen LogP contribution is -2.36. The number of carbonyl (C=O) groups excluding carboxylic acids is 1. The van der Waals surface area contributed by atoms with Gasteiger partial charge in [0.2, 0.25) is 5.91 Å². The molecule has 10 nitrogen and oxygen atoms in total. The van der Waals surface area contributed by atoms with E-state index in [1.54, 1.807) is 36.4 Å². The summed E-state index contributed by atoms with van der Waals surface area (Å²) in [5, 5.41) is 14.3. The molecule has 0 aliphatic carbocycles. The molecule has 2 aromatic carbocycles. The van der Waals surface area contributed by atoms with Crippen LogP contribution in [0.3, 0.4) is 0 Å². The molecule has 0 saturated heterocycles. The second-order valence-electron chi connectivity index (χ2n) is 7.70. The van der Waals surface area contributed by atoms with E-state index in [4.69, 9.17) is 5.73 Å². The van der Waals surface area contributed by atoms with E-state index in [0.717, 1.165) is 12.8 Å². The number of anilines is 1. The van der Waals surface area contributed by atoms with Crippen LogP contribution in [-0.4, -0.2) is 37.2 Å². The molecule has 1 amide bonds. The highest BCUT2D eigenvalue weighted by molar-refractivity contribution is 8.23. The van der Waals surface area contributed by atoms with Crippen molar-refractivity contribution in [1.29, 1.82) is 0 Å². The molecule has 4 rings (SSSR count). The number of hydrogen-bond donors (Lipinski definition) is 6. The van der Waals surface area contributed by atoms with Gasteiger partial charge in [-0.3, -0.25) is 18.7 Å². The number of aromatic hydroxyl groups is 1. The Bertz CT molecular complexity index is 1330. The number of nitrogens with zero attached hydrogens (tertiary/aromatic N) is 2. The molecule has 0 saturated carbocycles. The van der Waals surface area contributed by atoms with E-state index >= 15 is 0 Å². The van der Waals surface area contributed by atoms with Crippen LogP contribution in [0.25, 0.3) is 10.9 Å². The van der Waals surface area contributed by atoms with Crippen molar-refractivity contribution < 1.29 is 19.0 Å². The molecule has 1 aromatic heterocycles. The number of hydrogen-bond acceptors (Lipinski definition) is 8. The minimum Gasteiger partial charge on any atom is -0.506 e. The van der Waals surface area contributed by atoms with Crippen molar-refractivity contribution in [2.75, 3.05) is 17.3 Å². The van der Waals surface area contributed by atoms with E-state index in [0.29, 0.717) is 28.7 Å². The van der Waals surface area contributed by atoms with Gasteiger partial charge >= 0.3 is 0 Å². The van der Waals surface area contributed by atoms with E-state index < -0.39 is 22.2 Å². The summed E-state index contributed by atoms with van der Waals surface area (Å²) in [6, 6.07) is 11.5. The standard InChI is InChI=1S/C22H25N5O5S/c1-2-3-10-24-27-16-7-5-4-6-14(16)20(29)19(22(27)30)21-25-15-9-8-13(12-18(23)28)11-17(15)33(31,32)26-21/h4-9,11,24,29,31-32H,2-3,10,12H2,1H3,(H2,23,28)(H,25,26). The van der Waals surface area contributed by atoms with Gasteiger partial charge in [0.1, 0.15) is 16.2 Å². The Balaban J connectivity index is 1.86. The largest absolute Gasteiger partial charge is 0.506 e. The minimum atomic E-state index is -3.72. The van der Waals surface area contributed by atoms with E-state index in [1.807, 2.05) is 6.92 Å². The fourth-order valence-corrected chi connectivity index (χ4v) is 4.92. The normalized spacial score (nSPS) is 15.3. The fourth-order valence-electron chi connectivity index (χ4n) is 3.71. The number of rotatable bonds is 7. The summed E-state index contributed by atoms with van der Waals surface area (Å²) < 4.78 is 26.8. The lowest BCUT2D eigenvalue weighted by molar-refractivity contribution is -0.117. The number of amidine groups is 1. The molecule has 33 heavy (non-hydrogen) atoms. The Morgan fingerprint density at radius 2 is 2.00 bits per heavy atom. The van der Waals surface area contributed by atoms with Gasteiger partial charge in [0.25, 0.3) is 5.56 Å². The Morgan fingerprint density at radius 3 is 2.73 bits per heavy atom. The van der Waals surface area contributed by atoms with Crippen LogP contribution in [0, 0.1) is 0 Å². The van der Waals surface area contributed by atoms with Gasteiger partial charge in [-0.05, 0) is 36.2 Å². The van der Waals surface area contributed by atoms with Gasteiger partial charge in [-0.1, -0.05) is 42.3 Å². The third-order valence-electron chi connectivity index (χ3n) is 5.28. The predicted octanol–water partition coefficient (Wildman–Crippen LogP) is 2.98. The molecule has 0 bridgehead atoms. The third-order valence-corrected chi connectivity index (χ3v) is 6.65. The molecule has 2 heterocycles. The molecule has 1 aliphatic rings. The highest BCUT2D eigenvalue weighted by atomic mass is 32.3. The lowest BCUT2D eigenvalue weighted by Gasteiger charge is -2.34. The molecule has 174 valence electrons. The van der Waals surface area contributed by atoms with Crippen LogP contribution in [0.4, 0.5) is 5.69 Å². The number of nitrogens with two attached hydrogens (primary N) is 1. The van der Waals surface area contributed by atoms with Gasteiger partial charge in [0.05, 0.1) is 17.6 Å². The Hall–Kier alpha value is -3.54. The molecule has 0 spiro atoms. The Morgan fingerprint density at radius 1 is 1.24 bits per heavy atom. The van der Waals surface area contributed by atoms with Crippen molar-refractivity contribution in [2.45, 2.75) is 31.1 Å². The van der Waals surface area contributed by atoms with Gasteiger partial charge in [-0.15, -0.1) is 4.40 Å². The molecule has 0 atom stereocenters. The number of aromatic nitrogens is 1. The maximum absolute atomic E-state index is 13.4. The predicted molar refractivity (Wildman–Crippen MR) is 130 cm³/mol. The number of carbonyl (C=O) groups is 1. The number of nitrogens with one attached hydrogen (secondary N) is 2. The summed E-state index contributed by atoms with van der Waals surface area (Å²) in [5.74, 6) is -1.04. The van der Waals surface area contributed by atoms with Crippen molar-refractivity contribution in [3.63, 3.8) is 0 Å². The van der Waals surface area contributed by atoms with Crippen molar-refractivity contribution in [1.82, 2.24) is 4.68 Å². The van der Waals surface area contributed by atoms with E-state index in [2.05, 4.69) is 15.1 Å². The zero-order chi connectivity index (χ0) is 23.8. The van der Waals surface area contributed by atoms with E-state index in [-0.39, 0.29) is 28.5 Å². The Kier molecular flexibility index (Phi) is 6.02. The monoisotopic (exact) mass is 471 g/mol. The topological polar surface area (TPSA) is 162 Å². The average Bonchev–Trinajstić information content (AvgIpc) is 2.76. The van der Waals surface area contributed by atoms with Crippen LogP contribution in [-0.2, 0) is 11.2 Å².